The average molecular weight is 427 g/mol. The molecule has 5 nitrogen and oxygen atoms in total. The number of rotatable bonds is 8. The molecule has 3 N–H and O–H groups in total. The zero-order valence-corrected chi connectivity index (χ0v) is 16.9. The van der Waals surface area contributed by atoms with Gasteiger partial charge >= 0.3 is 0 Å². The second kappa shape index (κ2) is 12.4. The predicted octanol–water partition coefficient (Wildman–Crippen LogP) is 3.93. The van der Waals surface area contributed by atoms with E-state index in [1.54, 1.807) is 6.20 Å². The van der Waals surface area contributed by atoms with Crippen molar-refractivity contribution in [3.05, 3.63) is 41.4 Å². The van der Waals surface area contributed by atoms with E-state index in [1.807, 2.05) is 31.2 Å². The Hall–Kier alpha value is -0.920. The van der Waals surface area contributed by atoms with Crippen LogP contribution in [-0.4, -0.2) is 29.2 Å². The predicted molar refractivity (Wildman–Crippen MR) is 109 cm³/mol. The van der Waals surface area contributed by atoms with Crippen molar-refractivity contribution < 1.29 is 9.21 Å². The van der Waals surface area contributed by atoms with Crippen LogP contribution >= 0.6 is 48.2 Å². The Bertz CT molecular complexity index is 638. The third kappa shape index (κ3) is 7.88. The molecule has 1 atom stereocenters. The number of amides is 1. The first-order chi connectivity index (χ1) is 11.1. The molecule has 0 fully saturated rings. The highest BCUT2D eigenvalue weighted by Crippen LogP contribution is 2.24. The molecular formula is C16H22Cl3N3O2S. The first-order valence-corrected chi connectivity index (χ1v) is 8.83. The molecule has 1 heterocycles. The summed E-state index contributed by atoms with van der Waals surface area (Å²) in [7, 11) is 0. The van der Waals surface area contributed by atoms with E-state index in [0.29, 0.717) is 35.5 Å². The van der Waals surface area contributed by atoms with Gasteiger partial charge in [-0.3, -0.25) is 4.79 Å². The van der Waals surface area contributed by atoms with Gasteiger partial charge in [-0.1, -0.05) is 11.6 Å². The second-order valence-corrected chi connectivity index (χ2v) is 6.78. The van der Waals surface area contributed by atoms with Crippen LogP contribution in [0.25, 0.3) is 11.3 Å². The van der Waals surface area contributed by atoms with Gasteiger partial charge in [-0.2, -0.15) is 0 Å². The van der Waals surface area contributed by atoms with Crippen molar-refractivity contribution in [1.29, 1.82) is 0 Å². The normalized spacial score (nSPS) is 11.2. The fraction of sp³-hybridized carbons (Fsp3) is 0.375. The molecule has 140 valence electrons. The maximum atomic E-state index is 11.9. The van der Waals surface area contributed by atoms with E-state index < -0.39 is 0 Å². The zero-order chi connectivity index (χ0) is 16.7. The molecule has 25 heavy (non-hydrogen) atoms. The summed E-state index contributed by atoms with van der Waals surface area (Å²) in [4.78, 5) is 16.1. The summed E-state index contributed by atoms with van der Waals surface area (Å²) in [6.07, 6.45) is 2.47. The number of carbonyl (C=O) groups excluding carboxylic acids is 1. The standard InChI is InChI=1S/C16H20ClN3O2S.2ClH/c1-11(16(21)19-8-2-7-18)23-10-15-20-9-14(22-15)12-3-5-13(17)6-4-12;;/h3-6,9,11H,2,7-8,10,18H2,1H3,(H,19,21);2*1H. The highest BCUT2D eigenvalue weighted by atomic mass is 35.5. The van der Waals surface area contributed by atoms with Crippen molar-refractivity contribution in [2.75, 3.05) is 13.1 Å². The summed E-state index contributed by atoms with van der Waals surface area (Å²) >= 11 is 7.36. The molecule has 2 aromatic rings. The summed E-state index contributed by atoms with van der Waals surface area (Å²) < 4.78 is 5.71. The lowest BCUT2D eigenvalue weighted by Gasteiger charge is -2.10. The van der Waals surface area contributed by atoms with Gasteiger partial charge < -0.3 is 15.5 Å². The Morgan fingerprint density at radius 2 is 2.04 bits per heavy atom. The van der Waals surface area contributed by atoms with Crippen LogP contribution in [0.5, 0.6) is 0 Å². The van der Waals surface area contributed by atoms with Crippen LogP contribution in [0.4, 0.5) is 0 Å². The number of oxazole rings is 1. The minimum atomic E-state index is -0.168. The largest absolute Gasteiger partial charge is 0.440 e. The Labute approximate surface area is 169 Å². The lowest BCUT2D eigenvalue weighted by Crippen LogP contribution is -2.32. The fourth-order valence-corrected chi connectivity index (χ4v) is 2.74. The molecule has 1 unspecified atom stereocenters. The van der Waals surface area contributed by atoms with E-state index in [4.69, 9.17) is 21.8 Å². The van der Waals surface area contributed by atoms with Crippen molar-refractivity contribution in [3.63, 3.8) is 0 Å². The number of hydrogen-bond donors (Lipinski definition) is 2. The van der Waals surface area contributed by atoms with Crippen molar-refractivity contribution in [2.45, 2.75) is 24.3 Å². The molecule has 9 heteroatoms. The molecule has 0 saturated heterocycles. The molecule has 0 aliphatic rings. The average Bonchev–Trinajstić information content (AvgIpc) is 3.02. The zero-order valence-electron chi connectivity index (χ0n) is 13.7. The Morgan fingerprint density at radius 1 is 1.36 bits per heavy atom. The molecule has 0 spiro atoms. The number of hydrogen-bond acceptors (Lipinski definition) is 5. The van der Waals surface area contributed by atoms with E-state index >= 15 is 0 Å². The van der Waals surface area contributed by atoms with Crippen molar-refractivity contribution >= 4 is 54.1 Å². The third-order valence-electron chi connectivity index (χ3n) is 3.19. The summed E-state index contributed by atoms with van der Waals surface area (Å²) in [6, 6.07) is 7.38. The number of benzene rings is 1. The van der Waals surface area contributed by atoms with E-state index in [2.05, 4.69) is 10.3 Å². The van der Waals surface area contributed by atoms with E-state index in [1.165, 1.54) is 11.8 Å². The highest BCUT2D eigenvalue weighted by Gasteiger charge is 2.14. The maximum absolute atomic E-state index is 11.9. The third-order valence-corrected chi connectivity index (χ3v) is 4.57. The number of aromatic nitrogens is 1. The molecule has 1 amide bonds. The summed E-state index contributed by atoms with van der Waals surface area (Å²) in [5, 5.41) is 3.36. The maximum Gasteiger partial charge on any atom is 0.232 e. The molecule has 2 rings (SSSR count). The van der Waals surface area contributed by atoms with Gasteiger partial charge in [0.1, 0.15) is 0 Å². The molecule has 0 aliphatic carbocycles. The Balaban J connectivity index is 0.00000288. The quantitative estimate of drug-likeness (QED) is 0.625. The van der Waals surface area contributed by atoms with Gasteiger partial charge in [0.25, 0.3) is 0 Å². The number of nitrogens with zero attached hydrogens (tertiary/aromatic N) is 1. The number of nitrogens with one attached hydrogen (secondary N) is 1. The van der Waals surface area contributed by atoms with Crippen molar-refractivity contribution in [3.8, 4) is 11.3 Å². The highest BCUT2D eigenvalue weighted by molar-refractivity contribution is 7.99. The van der Waals surface area contributed by atoms with E-state index in [9.17, 15) is 4.79 Å². The number of carbonyl (C=O) groups is 1. The van der Waals surface area contributed by atoms with Crippen LogP contribution in [-0.2, 0) is 10.5 Å². The van der Waals surface area contributed by atoms with Crippen molar-refractivity contribution in [2.24, 2.45) is 5.73 Å². The van der Waals surface area contributed by atoms with E-state index in [-0.39, 0.29) is 36.0 Å². The van der Waals surface area contributed by atoms with Gasteiger partial charge in [-0.15, -0.1) is 36.6 Å². The molecule has 0 saturated carbocycles. The van der Waals surface area contributed by atoms with Gasteiger partial charge in [0, 0.05) is 17.1 Å². The number of nitrogens with two attached hydrogens (primary N) is 1. The molecule has 1 aromatic carbocycles. The molecule has 0 radical (unpaired) electrons. The van der Waals surface area contributed by atoms with Crippen LogP contribution in [0.3, 0.4) is 0 Å². The van der Waals surface area contributed by atoms with E-state index in [0.717, 1.165) is 12.0 Å². The fourth-order valence-electron chi connectivity index (χ4n) is 1.85. The van der Waals surface area contributed by atoms with Gasteiger partial charge in [0.2, 0.25) is 11.8 Å². The summed E-state index contributed by atoms with van der Waals surface area (Å²) in [5.41, 5.74) is 6.32. The number of thioether (sulfide) groups is 1. The minimum Gasteiger partial charge on any atom is -0.440 e. The first kappa shape index (κ1) is 24.1. The van der Waals surface area contributed by atoms with Gasteiger partial charge in [-0.25, -0.2) is 4.98 Å². The molecule has 0 aliphatic heterocycles. The molecular weight excluding hydrogens is 405 g/mol. The van der Waals surface area contributed by atoms with Gasteiger partial charge in [-0.05, 0) is 44.2 Å². The van der Waals surface area contributed by atoms with Gasteiger partial charge in [0.15, 0.2) is 5.76 Å². The minimum absolute atomic E-state index is 0. The summed E-state index contributed by atoms with van der Waals surface area (Å²) in [6.45, 7) is 3.05. The summed E-state index contributed by atoms with van der Waals surface area (Å²) in [5.74, 6) is 1.84. The van der Waals surface area contributed by atoms with Crippen LogP contribution in [0.1, 0.15) is 19.2 Å². The second-order valence-electron chi connectivity index (χ2n) is 5.01. The van der Waals surface area contributed by atoms with Gasteiger partial charge in [0.05, 0.1) is 17.2 Å². The van der Waals surface area contributed by atoms with Crippen LogP contribution in [0, 0.1) is 0 Å². The smallest absolute Gasteiger partial charge is 0.232 e. The van der Waals surface area contributed by atoms with Crippen LogP contribution < -0.4 is 11.1 Å². The Kier molecular flexibility index (Phi) is 12.0. The SMILES string of the molecule is CC(SCc1ncc(-c2ccc(Cl)cc2)o1)C(=O)NCCCN.Cl.Cl. The first-order valence-electron chi connectivity index (χ1n) is 7.40. The van der Waals surface area contributed by atoms with Crippen LogP contribution in [0.2, 0.25) is 5.02 Å². The van der Waals surface area contributed by atoms with Crippen molar-refractivity contribution in [1.82, 2.24) is 10.3 Å². The Morgan fingerprint density at radius 3 is 2.68 bits per heavy atom. The molecule has 1 aromatic heterocycles. The lowest BCUT2D eigenvalue weighted by molar-refractivity contribution is -0.120. The topological polar surface area (TPSA) is 81.2 Å². The monoisotopic (exact) mass is 425 g/mol. The lowest BCUT2D eigenvalue weighted by atomic mass is 10.2. The molecule has 0 bridgehead atoms. The number of halogens is 3. The van der Waals surface area contributed by atoms with Crippen LogP contribution in [0.15, 0.2) is 34.9 Å².